The van der Waals surface area contributed by atoms with E-state index in [1.807, 2.05) is 18.2 Å². The molecule has 0 spiro atoms. The van der Waals surface area contributed by atoms with E-state index in [2.05, 4.69) is 20.2 Å². The summed E-state index contributed by atoms with van der Waals surface area (Å²) in [5.41, 5.74) is 2.42. The van der Waals surface area contributed by atoms with Crippen molar-refractivity contribution in [2.24, 2.45) is 0 Å². The molecular formula is C16H15ClN4O. The molecule has 6 rings (SSSR count). The van der Waals surface area contributed by atoms with Crippen LogP contribution in [0.4, 0.5) is 5.82 Å². The topological polar surface area (TPSA) is 54.2 Å². The lowest BCUT2D eigenvalue weighted by Crippen LogP contribution is -2.61. The summed E-state index contributed by atoms with van der Waals surface area (Å²) in [5.74, 6) is 0.911. The first kappa shape index (κ1) is 12.7. The second kappa shape index (κ2) is 4.57. The number of hydrogen-bond acceptors (Lipinski definition) is 5. The summed E-state index contributed by atoms with van der Waals surface area (Å²) in [7, 11) is 0. The van der Waals surface area contributed by atoms with Crippen LogP contribution in [0.15, 0.2) is 28.9 Å². The summed E-state index contributed by atoms with van der Waals surface area (Å²) >= 11 is 6.11. The summed E-state index contributed by atoms with van der Waals surface area (Å²) in [6.45, 7) is 2.00. The number of benzene rings is 1. The Kier molecular flexibility index (Phi) is 2.63. The number of nitrogens with one attached hydrogen (secondary N) is 1. The van der Waals surface area contributed by atoms with Crippen molar-refractivity contribution < 1.29 is 4.42 Å². The summed E-state index contributed by atoms with van der Waals surface area (Å²) < 4.78 is 6.05. The molecule has 3 aromatic rings. The maximum absolute atomic E-state index is 6.11. The smallest absolute Gasteiger partial charge is 0.196 e. The lowest BCUT2D eigenvalue weighted by atomic mass is 9.93. The van der Waals surface area contributed by atoms with E-state index in [0.717, 1.165) is 41.0 Å². The monoisotopic (exact) mass is 314 g/mol. The zero-order chi connectivity index (χ0) is 14.7. The van der Waals surface area contributed by atoms with Crippen LogP contribution in [0, 0.1) is 0 Å². The molecule has 2 aromatic heterocycles. The number of anilines is 1. The molecule has 1 aromatic carbocycles. The minimum atomic E-state index is 0.486. The van der Waals surface area contributed by atoms with E-state index in [1.165, 1.54) is 12.8 Å². The molecule has 5 heterocycles. The Balaban J connectivity index is 1.72. The van der Waals surface area contributed by atoms with Crippen molar-refractivity contribution in [3.8, 4) is 0 Å². The first-order valence-corrected chi connectivity index (χ1v) is 8.00. The number of fused-ring (bicyclic) bond motifs is 6. The SMILES string of the molecule is Clc1ccc2oc3c(N4CC5CCC4CN5)ncnc3c2c1. The minimum absolute atomic E-state index is 0.486. The first-order chi connectivity index (χ1) is 10.8. The third-order valence-electron chi connectivity index (χ3n) is 4.81. The van der Waals surface area contributed by atoms with Gasteiger partial charge >= 0.3 is 0 Å². The van der Waals surface area contributed by atoms with Gasteiger partial charge in [0, 0.05) is 35.6 Å². The van der Waals surface area contributed by atoms with E-state index in [9.17, 15) is 0 Å². The highest BCUT2D eigenvalue weighted by molar-refractivity contribution is 6.31. The van der Waals surface area contributed by atoms with Crippen LogP contribution in [0.25, 0.3) is 22.1 Å². The summed E-state index contributed by atoms with van der Waals surface area (Å²) in [6, 6.07) is 6.68. The molecule has 0 aliphatic carbocycles. The van der Waals surface area contributed by atoms with Gasteiger partial charge in [0.25, 0.3) is 0 Å². The molecule has 0 amide bonds. The van der Waals surface area contributed by atoms with Gasteiger partial charge in [0.15, 0.2) is 11.4 Å². The van der Waals surface area contributed by atoms with E-state index >= 15 is 0 Å². The molecule has 3 aliphatic heterocycles. The number of rotatable bonds is 1. The molecule has 2 bridgehead atoms. The van der Waals surface area contributed by atoms with Crippen LogP contribution < -0.4 is 10.2 Å². The number of piperazine rings is 1. The average Bonchev–Trinajstić information content (AvgIpc) is 2.94. The normalized spacial score (nSPS) is 24.5. The van der Waals surface area contributed by atoms with E-state index in [1.54, 1.807) is 6.33 Å². The van der Waals surface area contributed by atoms with Crippen LogP contribution in [-0.2, 0) is 0 Å². The first-order valence-electron chi connectivity index (χ1n) is 7.62. The van der Waals surface area contributed by atoms with Gasteiger partial charge in [-0.25, -0.2) is 9.97 Å². The fraction of sp³-hybridized carbons (Fsp3) is 0.375. The second-order valence-electron chi connectivity index (χ2n) is 6.11. The Labute approximate surface area is 132 Å². The van der Waals surface area contributed by atoms with Gasteiger partial charge in [-0.1, -0.05) is 11.6 Å². The third kappa shape index (κ3) is 1.76. The largest absolute Gasteiger partial charge is 0.450 e. The fourth-order valence-corrected chi connectivity index (χ4v) is 3.88. The minimum Gasteiger partial charge on any atom is -0.450 e. The number of hydrogen-bond donors (Lipinski definition) is 1. The van der Waals surface area contributed by atoms with Crippen molar-refractivity contribution in [1.29, 1.82) is 0 Å². The van der Waals surface area contributed by atoms with Crippen LogP contribution >= 0.6 is 11.6 Å². The maximum Gasteiger partial charge on any atom is 0.196 e. The van der Waals surface area contributed by atoms with Gasteiger partial charge in [-0.05, 0) is 31.0 Å². The van der Waals surface area contributed by atoms with Crippen LogP contribution in [0.1, 0.15) is 12.8 Å². The molecule has 2 unspecified atom stereocenters. The fourth-order valence-electron chi connectivity index (χ4n) is 3.71. The summed E-state index contributed by atoms with van der Waals surface area (Å²) in [6.07, 6.45) is 4.07. The number of halogens is 1. The Morgan fingerprint density at radius 1 is 1.27 bits per heavy atom. The Morgan fingerprint density at radius 2 is 2.23 bits per heavy atom. The van der Waals surface area contributed by atoms with Crippen LogP contribution in [-0.4, -0.2) is 35.1 Å². The Hall–Kier alpha value is -1.85. The number of nitrogens with zero attached hydrogens (tertiary/aromatic N) is 3. The lowest BCUT2D eigenvalue weighted by molar-refractivity contribution is 0.289. The van der Waals surface area contributed by atoms with Crippen molar-refractivity contribution in [2.45, 2.75) is 24.9 Å². The van der Waals surface area contributed by atoms with Crippen molar-refractivity contribution in [3.63, 3.8) is 0 Å². The van der Waals surface area contributed by atoms with Gasteiger partial charge in [-0.3, -0.25) is 0 Å². The predicted octanol–water partition coefficient (Wildman–Crippen LogP) is 2.97. The predicted molar refractivity (Wildman–Crippen MR) is 86.5 cm³/mol. The third-order valence-corrected chi connectivity index (χ3v) is 5.05. The van der Waals surface area contributed by atoms with Crippen molar-refractivity contribution in [1.82, 2.24) is 15.3 Å². The van der Waals surface area contributed by atoms with Gasteiger partial charge < -0.3 is 14.6 Å². The van der Waals surface area contributed by atoms with Gasteiger partial charge in [0.2, 0.25) is 0 Å². The molecule has 1 N–H and O–H groups in total. The molecule has 22 heavy (non-hydrogen) atoms. The number of piperidine rings is 2. The molecule has 0 saturated carbocycles. The second-order valence-corrected chi connectivity index (χ2v) is 6.54. The highest BCUT2D eigenvalue weighted by atomic mass is 35.5. The van der Waals surface area contributed by atoms with E-state index in [4.69, 9.17) is 16.0 Å². The Bertz CT molecular complexity index is 869. The molecule has 0 radical (unpaired) electrons. The van der Waals surface area contributed by atoms with Gasteiger partial charge in [0.05, 0.1) is 0 Å². The van der Waals surface area contributed by atoms with Crippen LogP contribution in [0.2, 0.25) is 5.02 Å². The lowest BCUT2D eigenvalue weighted by Gasteiger charge is -2.46. The number of furan rings is 1. The highest BCUT2D eigenvalue weighted by Gasteiger charge is 2.35. The van der Waals surface area contributed by atoms with Crippen molar-refractivity contribution in [2.75, 3.05) is 18.0 Å². The number of aromatic nitrogens is 2. The van der Waals surface area contributed by atoms with Gasteiger partial charge in [0.1, 0.15) is 17.4 Å². The highest BCUT2D eigenvalue weighted by Crippen LogP contribution is 2.36. The zero-order valence-corrected chi connectivity index (χ0v) is 12.7. The molecule has 3 saturated heterocycles. The summed E-state index contributed by atoms with van der Waals surface area (Å²) in [4.78, 5) is 11.3. The molecule has 5 nitrogen and oxygen atoms in total. The van der Waals surface area contributed by atoms with E-state index < -0.39 is 0 Å². The van der Waals surface area contributed by atoms with E-state index in [0.29, 0.717) is 17.1 Å². The van der Waals surface area contributed by atoms with Crippen molar-refractivity contribution in [3.05, 3.63) is 29.5 Å². The molecule has 3 aliphatic rings. The quantitative estimate of drug-likeness (QED) is 0.748. The molecule has 3 fully saturated rings. The molecular weight excluding hydrogens is 300 g/mol. The average molecular weight is 315 g/mol. The molecule has 2 atom stereocenters. The summed E-state index contributed by atoms with van der Waals surface area (Å²) in [5, 5.41) is 5.21. The molecule has 112 valence electrons. The maximum atomic E-state index is 6.11. The molecule has 6 heteroatoms. The van der Waals surface area contributed by atoms with Crippen LogP contribution in [0.5, 0.6) is 0 Å². The van der Waals surface area contributed by atoms with E-state index in [-0.39, 0.29) is 0 Å². The standard InChI is InChI=1S/C16H15ClN4O/c17-9-1-4-13-12(5-9)14-15(22-13)16(20-8-19-14)21-7-10-2-3-11(21)6-18-10/h1,4-5,8,10-11,18H,2-3,6-7H2. The van der Waals surface area contributed by atoms with Gasteiger partial charge in [-0.15, -0.1) is 0 Å². The van der Waals surface area contributed by atoms with Crippen LogP contribution in [0.3, 0.4) is 0 Å². The van der Waals surface area contributed by atoms with Crippen molar-refractivity contribution >= 4 is 39.5 Å². The van der Waals surface area contributed by atoms with Gasteiger partial charge in [-0.2, -0.15) is 0 Å². The Morgan fingerprint density at radius 3 is 3.00 bits per heavy atom. The zero-order valence-electron chi connectivity index (χ0n) is 11.9.